The third-order valence-electron chi connectivity index (χ3n) is 4.64. The Morgan fingerprint density at radius 3 is 2.36 bits per heavy atom. The molecule has 1 aromatic rings. The SMILES string of the molecule is CCOC(=O)CCC(=O)NC1CCN(C(=O)c2ccc(OC)c(OC)c2)CC1. The molecule has 0 aromatic heterocycles. The normalized spacial score (nSPS) is 14.3. The van der Waals surface area contributed by atoms with Gasteiger partial charge >= 0.3 is 5.97 Å². The lowest BCUT2D eigenvalue weighted by molar-refractivity contribution is -0.144. The summed E-state index contributed by atoms with van der Waals surface area (Å²) in [5.41, 5.74) is 0.537. The van der Waals surface area contributed by atoms with Crippen molar-refractivity contribution in [3.63, 3.8) is 0 Å². The molecule has 1 N–H and O–H groups in total. The zero-order chi connectivity index (χ0) is 20.5. The van der Waals surface area contributed by atoms with Crippen molar-refractivity contribution in [3.8, 4) is 11.5 Å². The third-order valence-corrected chi connectivity index (χ3v) is 4.64. The summed E-state index contributed by atoms with van der Waals surface area (Å²) in [5, 5.41) is 2.93. The van der Waals surface area contributed by atoms with Crippen molar-refractivity contribution in [2.24, 2.45) is 0 Å². The minimum Gasteiger partial charge on any atom is -0.493 e. The molecular formula is C20H28N2O6. The number of nitrogens with zero attached hydrogens (tertiary/aromatic N) is 1. The predicted molar refractivity (Wildman–Crippen MR) is 102 cm³/mol. The Morgan fingerprint density at radius 1 is 1.07 bits per heavy atom. The topological polar surface area (TPSA) is 94.2 Å². The van der Waals surface area contributed by atoms with Crippen molar-refractivity contribution >= 4 is 17.8 Å². The van der Waals surface area contributed by atoms with E-state index in [1.165, 1.54) is 7.11 Å². The van der Waals surface area contributed by atoms with Gasteiger partial charge in [0.25, 0.3) is 5.91 Å². The molecule has 8 nitrogen and oxygen atoms in total. The van der Waals surface area contributed by atoms with E-state index in [4.69, 9.17) is 14.2 Å². The number of amides is 2. The van der Waals surface area contributed by atoms with Crippen molar-refractivity contribution in [1.82, 2.24) is 10.2 Å². The highest BCUT2D eigenvalue weighted by molar-refractivity contribution is 5.95. The van der Waals surface area contributed by atoms with Crippen LogP contribution in [0.4, 0.5) is 0 Å². The summed E-state index contributed by atoms with van der Waals surface area (Å²) in [6.07, 6.45) is 1.54. The Labute approximate surface area is 165 Å². The Morgan fingerprint density at radius 2 is 1.75 bits per heavy atom. The van der Waals surface area contributed by atoms with E-state index in [9.17, 15) is 14.4 Å². The van der Waals surface area contributed by atoms with Gasteiger partial charge < -0.3 is 24.4 Å². The summed E-state index contributed by atoms with van der Waals surface area (Å²) >= 11 is 0. The fourth-order valence-corrected chi connectivity index (χ4v) is 3.13. The second-order valence-corrected chi connectivity index (χ2v) is 6.51. The first-order valence-corrected chi connectivity index (χ1v) is 9.44. The number of likely N-dealkylation sites (tertiary alicyclic amines) is 1. The molecule has 8 heteroatoms. The molecule has 1 aromatic carbocycles. The maximum Gasteiger partial charge on any atom is 0.306 e. The van der Waals surface area contributed by atoms with Gasteiger partial charge in [0.2, 0.25) is 5.91 Å². The monoisotopic (exact) mass is 392 g/mol. The number of ether oxygens (including phenoxy) is 3. The number of methoxy groups -OCH3 is 2. The quantitative estimate of drug-likeness (QED) is 0.678. The smallest absolute Gasteiger partial charge is 0.306 e. The van der Waals surface area contributed by atoms with E-state index in [2.05, 4.69) is 5.32 Å². The van der Waals surface area contributed by atoms with Crippen LogP contribution in [0.1, 0.15) is 43.0 Å². The second kappa shape index (κ2) is 10.5. The molecule has 1 saturated heterocycles. The van der Waals surface area contributed by atoms with E-state index in [1.807, 2.05) is 0 Å². The first-order valence-electron chi connectivity index (χ1n) is 9.44. The molecule has 2 rings (SSSR count). The third kappa shape index (κ3) is 5.87. The van der Waals surface area contributed by atoms with Gasteiger partial charge in [-0.05, 0) is 38.0 Å². The molecule has 0 unspecified atom stereocenters. The number of carbonyl (C=O) groups excluding carboxylic acids is 3. The first-order chi connectivity index (χ1) is 13.5. The van der Waals surface area contributed by atoms with Crippen LogP contribution in [0.3, 0.4) is 0 Å². The largest absolute Gasteiger partial charge is 0.493 e. The lowest BCUT2D eigenvalue weighted by atomic mass is 10.0. The van der Waals surface area contributed by atoms with Crippen molar-refractivity contribution in [2.45, 2.75) is 38.6 Å². The lowest BCUT2D eigenvalue weighted by Crippen LogP contribution is -2.46. The standard InChI is InChI=1S/C20H28N2O6/c1-4-28-19(24)8-7-18(23)21-15-9-11-22(12-10-15)20(25)14-5-6-16(26-2)17(13-14)27-3/h5-6,13,15H,4,7-12H2,1-3H3,(H,21,23). The molecular weight excluding hydrogens is 364 g/mol. The maximum absolute atomic E-state index is 12.7. The van der Waals surface area contributed by atoms with Crippen LogP contribution in [0.15, 0.2) is 18.2 Å². The molecule has 0 atom stereocenters. The first kappa shape index (κ1) is 21.5. The van der Waals surface area contributed by atoms with Gasteiger partial charge in [0.15, 0.2) is 11.5 Å². The molecule has 0 radical (unpaired) electrons. The average Bonchev–Trinajstić information content (AvgIpc) is 2.72. The summed E-state index contributed by atoms with van der Waals surface area (Å²) in [4.78, 5) is 37.8. The van der Waals surface area contributed by atoms with Crippen LogP contribution in [-0.4, -0.2) is 62.6 Å². The molecule has 0 aliphatic carbocycles. The number of hydrogen-bond donors (Lipinski definition) is 1. The number of hydrogen-bond acceptors (Lipinski definition) is 6. The number of carbonyl (C=O) groups is 3. The maximum atomic E-state index is 12.7. The molecule has 1 aliphatic rings. The Bertz CT molecular complexity index is 698. The number of piperidine rings is 1. The van der Waals surface area contributed by atoms with Crippen LogP contribution < -0.4 is 14.8 Å². The van der Waals surface area contributed by atoms with E-state index >= 15 is 0 Å². The van der Waals surface area contributed by atoms with Gasteiger partial charge in [-0.1, -0.05) is 0 Å². The second-order valence-electron chi connectivity index (χ2n) is 6.51. The van der Waals surface area contributed by atoms with E-state index in [1.54, 1.807) is 37.1 Å². The number of benzene rings is 1. The summed E-state index contributed by atoms with van der Waals surface area (Å²) in [6.45, 7) is 3.15. The average molecular weight is 392 g/mol. The molecule has 1 aliphatic heterocycles. The molecule has 0 saturated carbocycles. The van der Waals surface area contributed by atoms with Crippen LogP contribution in [0, 0.1) is 0 Å². The zero-order valence-corrected chi connectivity index (χ0v) is 16.7. The summed E-state index contributed by atoms with van der Waals surface area (Å²) in [7, 11) is 3.08. The Balaban J connectivity index is 1.82. The van der Waals surface area contributed by atoms with Gasteiger partial charge in [0.1, 0.15) is 0 Å². The van der Waals surface area contributed by atoms with Crippen molar-refractivity contribution < 1.29 is 28.6 Å². The highest BCUT2D eigenvalue weighted by Gasteiger charge is 2.25. The van der Waals surface area contributed by atoms with Crippen LogP contribution in [0.25, 0.3) is 0 Å². The van der Waals surface area contributed by atoms with Crippen molar-refractivity contribution in [3.05, 3.63) is 23.8 Å². The number of nitrogens with one attached hydrogen (secondary N) is 1. The summed E-state index contributed by atoms with van der Waals surface area (Å²) in [5.74, 6) is 0.471. The molecule has 154 valence electrons. The van der Waals surface area contributed by atoms with Gasteiger partial charge in [0, 0.05) is 31.1 Å². The van der Waals surface area contributed by atoms with E-state index in [0.717, 1.165) is 0 Å². The molecule has 1 fully saturated rings. The van der Waals surface area contributed by atoms with Crippen LogP contribution >= 0.6 is 0 Å². The fraction of sp³-hybridized carbons (Fsp3) is 0.550. The summed E-state index contributed by atoms with van der Waals surface area (Å²) in [6, 6.07) is 5.10. The van der Waals surface area contributed by atoms with Gasteiger partial charge in [-0.2, -0.15) is 0 Å². The molecule has 2 amide bonds. The van der Waals surface area contributed by atoms with Gasteiger partial charge in [-0.15, -0.1) is 0 Å². The minimum atomic E-state index is -0.368. The molecule has 28 heavy (non-hydrogen) atoms. The highest BCUT2D eigenvalue weighted by Crippen LogP contribution is 2.28. The fourth-order valence-electron chi connectivity index (χ4n) is 3.13. The Kier molecular flexibility index (Phi) is 8.10. The summed E-state index contributed by atoms with van der Waals surface area (Å²) < 4.78 is 15.3. The Hall–Kier alpha value is -2.77. The number of rotatable bonds is 8. The van der Waals surface area contributed by atoms with Crippen molar-refractivity contribution in [1.29, 1.82) is 0 Å². The van der Waals surface area contributed by atoms with Crippen molar-refractivity contribution in [2.75, 3.05) is 33.9 Å². The lowest BCUT2D eigenvalue weighted by Gasteiger charge is -2.32. The molecule has 0 spiro atoms. The van der Waals surface area contributed by atoms with Gasteiger partial charge in [-0.3, -0.25) is 14.4 Å². The van der Waals surface area contributed by atoms with E-state index in [-0.39, 0.29) is 36.7 Å². The van der Waals surface area contributed by atoms with Crippen LogP contribution in [-0.2, 0) is 14.3 Å². The van der Waals surface area contributed by atoms with E-state index in [0.29, 0.717) is 49.6 Å². The highest BCUT2D eigenvalue weighted by atomic mass is 16.5. The minimum absolute atomic E-state index is 0.00384. The van der Waals surface area contributed by atoms with Crippen LogP contribution in [0.2, 0.25) is 0 Å². The van der Waals surface area contributed by atoms with Crippen LogP contribution in [0.5, 0.6) is 11.5 Å². The van der Waals surface area contributed by atoms with Gasteiger partial charge in [-0.25, -0.2) is 0 Å². The molecule has 1 heterocycles. The van der Waals surface area contributed by atoms with Gasteiger partial charge in [0.05, 0.1) is 27.2 Å². The number of esters is 1. The molecule has 0 bridgehead atoms. The zero-order valence-electron chi connectivity index (χ0n) is 16.7. The predicted octanol–water partition coefficient (Wildman–Crippen LogP) is 1.77. The van der Waals surface area contributed by atoms with E-state index < -0.39 is 0 Å².